The SMILES string of the molecule is CCOC(=O)c1ccc(C)c(CC(C)CC)c1. The zero-order valence-corrected chi connectivity index (χ0v) is 11.2. The summed E-state index contributed by atoms with van der Waals surface area (Å²) in [6.45, 7) is 8.76. The van der Waals surface area contributed by atoms with Crippen molar-refractivity contribution in [2.45, 2.75) is 40.5 Å². The lowest BCUT2D eigenvalue weighted by Gasteiger charge is -2.12. The molecule has 0 amide bonds. The van der Waals surface area contributed by atoms with E-state index in [2.05, 4.69) is 20.8 Å². The molecule has 17 heavy (non-hydrogen) atoms. The highest BCUT2D eigenvalue weighted by Gasteiger charge is 2.10. The smallest absolute Gasteiger partial charge is 0.338 e. The van der Waals surface area contributed by atoms with Crippen molar-refractivity contribution in [1.29, 1.82) is 0 Å². The Labute approximate surface area is 104 Å². The van der Waals surface area contributed by atoms with Crippen molar-refractivity contribution in [2.75, 3.05) is 6.61 Å². The minimum absolute atomic E-state index is 0.224. The molecule has 0 fully saturated rings. The summed E-state index contributed by atoms with van der Waals surface area (Å²) in [5.74, 6) is 0.420. The topological polar surface area (TPSA) is 26.3 Å². The summed E-state index contributed by atoms with van der Waals surface area (Å²) in [6, 6.07) is 5.82. The summed E-state index contributed by atoms with van der Waals surface area (Å²) < 4.78 is 5.02. The lowest BCUT2D eigenvalue weighted by atomic mass is 9.94. The maximum Gasteiger partial charge on any atom is 0.338 e. The molecule has 1 aromatic carbocycles. The number of esters is 1. The molecule has 0 heterocycles. The molecule has 1 rings (SSSR count). The van der Waals surface area contributed by atoms with E-state index in [1.54, 1.807) is 0 Å². The molecule has 94 valence electrons. The molecule has 0 aliphatic rings. The van der Waals surface area contributed by atoms with Gasteiger partial charge < -0.3 is 4.74 Å². The van der Waals surface area contributed by atoms with Gasteiger partial charge in [0.15, 0.2) is 0 Å². The van der Waals surface area contributed by atoms with Crippen molar-refractivity contribution in [3.63, 3.8) is 0 Å². The zero-order chi connectivity index (χ0) is 12.8. The number of ether oxygens (including phenoxy) is 1. The van der Waals surface area contributed by atoms with Crippen LogP contribution in [0.15, 0.2) is 18.2 Å². The van der Waals surface area contributed by atoms with Gasteiger partial charge in [0, 0.05) is 0 Å². The third-order valence-corrected chi connectivity index (χ3v) is 3.13. The van der Waals surface area contributed by atoms with E-state index in [0.29, 0.717) is 18.1 Å². The third-order valence-electron chi connectivity index (χ3n) is 3.13. The standard InChI is InChI=1S/C15H22O2/c1-5-11(3)9-14-10-13(8-7-12(14)4)15(16)17-6-2/h7-8,10-11H,5-6,9H2,1-4H3. The average molecular weight is 234 g/mol. The van der Waals surface area contributed by atoms with Crippen LogP contribution in [0.3, 0.4) is 0 Å². The summed E-state index contributed by atoms with van der Waals surface area (Å²) in [5.41, 5.74) is 3.17. The van der Waals surface area contributed by atoms with Crippen LogP contribution in [-0.2, 0) is 11.2 Å². The highest BCUT2D eigenvalue weighted by atomic mass is 16.5. The van der Waals surface area contributed by atoms with E-state index in [0.717, 1.165) is 12.8 Å². The quantitative estimate of drug-likeness (QED) is 0.725. The number of hydrogen-bond donors (Lipinski definition) is 0. The molecule has 0 spiro atoms. The second-order valence-electron chi connectivity index (χ2n) is 4.58. The largest absolute Gasteiger partial charge is 0.462 e. The fraction of sp³-hybridized carbons (Fsp3) is 0.533. The Balaban J connectivity index is 2.90. The van der Waals surface area contributed by atoms with Gasteiger partial charge in [-0.3, -0.25) is 0 Å². The lowest BCUT2D eigenvalue weighted by molar-refractivity contribution is 0.0526. The second kappa shape index (κ2) is 6.43. The van der Waals surface area contributed by atoms with Crippen molar-refractivity contribution in [3.8, 4) is 0 Å². The Kier molecular flexibility index (Phi) is 5.20. The molecular formula is C15H22O2. The maximum atomic E-state index is 11.6. The van der Waals surface area contributed by atoms with E-state index >= 15 is 0 Å². The molecule has 0 N–H and O–H groups in total. The number of hydrogen-bond acceptors (Lipinski definition) is 2. The Morgan fingerprint density at radius 3 is 2.65 bits per heavy atom. The van der Waals surface area contributed by atoms with Crippen LogP contribution in [-0.4, -0.2) is 12.6 Å². The summed E-state index contributed by atoms with van der Waals surface area (Å²) in [6.07, 6.45) is 2.18. The predicted molar refractivity (Wildman–Crippen MR) is 70.3 cm³/mol. The molecule has 0 bridgehead atoms. The first-order valence-electron chi connectivity index (χ1n) is 6.35. The predicted octanol–water partition coefficient (Wildman–Crippen LogP) is 3.76. The van der Waals surface area contributed by atoms with Gasteiger partial charge in [0.05, 0.1) is 12.2 Å². The zero-order valence-electron chi connectivity index (χ0n) is 11.2. The molecule has 1 unspecified atom stereocenters. The monoisotopic (exact) mass is 234 g/mol. The van der Waals surface area contributed by atoms with Crippen molar-refractivity contribution < 1.29 is 9.53 Å². The summed E-state index contributed by atoms with van der Waals surface area (Å²) in [5, 5.41) is 0. The summed E-state index contributed by atoms with van der Waals surface area (Å²) in [4.78, 5) is 11.6. The van der Waals surface area contributed by atoms with E-state index in [1.807, 2.05) is 25.1 Å². The molecule has 0 aliphatic heterocycles. The molecule has 2 heteroatoms. The number of carbonyl (C=O) groups is 1. The Morgan fingerprint density at radius 1 is 1.35 bits per heavy atom. The summed E-state index contributed by atoms with van der Waals surface area (Å²) in [7, 11) is 0. The number of rotatable bonds is 5. The minimum Gasteiger partial charge on any atom is -0.462 e. The molecule has 2 nitrogen and oxygen atoms in total. The first-order valence-corrected chi connectivity index (χ1v) is 6.35. The van der Waals surface area contributed by atoms with Crippen LogP contribution < -0.4 is 0 Å². The van der Waals surface area contributed by atoms with Gasteiger partial charge >= 0.3 is 5.97 Å². The highest BCUT2D eigenvalue weighted by molar-refractivity contribution is 5.89. The fourth-order valence-electron chi connectivity index (χ4n) is 1.75. The van der Waals surface area contributed by atoms with Gasteiger partial charge in [-0.1, -0.05) is 26.3 Å². The van der Waals surface area contributed by atoms with Crippen LogP contribution in [0.4, 0.5) is 0 Å². The third kappa shape index (κ3) is 3.88. The van der Waals surface area contributed by atoms with Gasteiger partial charge in [-0.05, 0) is 49.4 Å². The van der Waals surface area contributed by atoms with Gasteiger partial charge in [-0.15, -0.1) is 0 Å². The molecule has 1 aromatic rings. The number of carbonyl (C=O) groups excluding carboxylic acids is 1. The Hall–Kier alpha value is -1.31. The molecule has 0 saturated heterocycles. The van der Waals surface area contributed by atoms with E-state index in [9.17, 15) is 4.79 Å². The first-order chi connectivity index (χ1) is 8.08. The average Bonchev–Trinajstić information content (AvgIpc) is 2.32. The number of aryl methyl sites for hydroxylation is 1. The Morgan fingerprint density at radius 2 is 2.06 bits per heavy atom. The van der Waals surface area contributed by atoms with Crippen molar-refractivity contribution in [1.82, 2.24) is 0 Å². The Bertz CT molecular complexity index is 383. The van der Waals surface area contributed by atoms with Crippen LogP contribution in [0.2, 0.25) is 0 Å². The molecule has 0 saturated carbocycles. The van der Waals surface area contributed by atoms with Crippen LogP contribution >= 0.6 is 0 Å². The molecular weight excluding hydrogens is 212 g/mol. The van der Waals surface area contributed by atoms with Crippen molar-refractivity contribution in [3.05, 3.63) is 34.9 Å². The van der Waals surface area contributed by atoms with Crippen LogP contribution in [0.25, 0.3) is 0 Å². The normalized spacial score (nSPS) is 12.2. The van der Waals surface area contributed by atoms with Crippen molar-refractivity contribution in [2.24, 2.45) is 5.92 Å². The lowest BCUT2D eigenvalue weighted by Crippen LogP contribution is -2.07. The van der Waals surface area contributed by atoms with Gasteiger partial charge in [0.25, 0.3) is 0 Å². The molecule has 0 radical (unpaired) electrons. The van der Waals surface area contributed by atoms with Crippen LogP contribution in [0, 0.1) is 12.8 Å². The summed E-state index contributed by atoms with van der Waals surface area (Å²) >= 11 is 0. The van der Waals surface area contributed by atoms with Crippen molar-refractivity contribution >= 4 is 5.97 Å². The van der Waals surface area contributed by atoms with Crippen LogP contribution in [0.5, 0.6) is 0 Å². The highest BCUT2D eigenvalue weighted by Crippen LogP contribution is 2.17. The molecule has 0 aromatic heterocycles. The van der Waals surface area contributed by atoms with Gasteiger partial charge in [0.2, 0.25) is 0 Å². The maximum absolute atomic E-state index is 11.6. The van der Waals surface area contributed by atoms with E-state index < -0.39 is 0 Å². The van der Waals surface area contributed by atoms with E-state index in [1.165, 1.54) is 11.1 Å². The fourth-order valence-corrected chi connectivity index (χ4v) is 1.75. The van der Waals surface area contributed by atoms with Gasteiger partial charge in [-0.25, -0.2) is 4.79 Å². The molecule has 1 atom stereocenters. The second-order valence-corrected chi connectivity index (χ2v) is 4.58. The number of benzene rings is 1. The van der Waals surface area contributed by atoms with E-state index in [-0.39, 0.29) is 5.97 Å². The minimum atomic E-state index is -0.224. The van der Waals surface area contributed by atoms with Crippen LogP contribution in [0.1, 0.15) is 48.7 Å². The van der Waals surface area contributed by atoms with E-state index in [4.69, 9.17) is 4.74 Å². The van der Waals surface area contributed by atoms with Gasteiger partial charge in [0.1, 0.15) is 0 Å². The van der Waals surface area contributed by atoms with Gasteiger partial charge in [-0.2, -0.15) is 0 Å². The molecule has 0 aliphatic carbocycles. The first kappa shape index (κ1) is 13.8.